The predicted molar refractivity (Wildman–Crippen MR) is 122 cm³/mol. The highest BCUT2D eigenvalue weighted by atomic mass is 127. The molecule has 4 N–H and O–H groups in total. The van der Waals surface area contributed by atoms with E-state index in [4.69, 9.17) is 0 Å². The van der Waals surface area contributed by atoms with Crippen molar-refractivity contribution in [2.45, 2.75) is 25.9 Å². The molecular weight excluding hydrogens is 453 g/mol. The number of aliphatic hydroxyl groups is 2. The molecule has 6 heteroatoms. The zero-order valence-corrected chi connectivity index (χ0v) is 18.3. The molecule has 0 aliphatic carbocycles. The Morgan fingerprint density at radius 3 is 2.37 bits per heavy atom. The Labute approximate surface area is 179 Å². The molecule has 0 radical (unpaired) electrons. The van der Waals surface area contributed by atoms with Crippen LogP contribution in [0.3, 0.4) is 0 Å². The summed E-state index contributed by atoms with van der Waals surface area (Å²) in [5.41, 5.74) is 3.07. The van der Waals surface area contributed by atoms with Gasteiger partial charge >= 0.3 is 0 Å². The number of nitrogens with one attached hydrogen (secondary N) is 2. The molecule has 0 fully saturated rings. The molecule has 0 heterocycles. The lowest BCUT2D eigenvalue weighted by atomic mass is 10.0. The van der Waals surface area contributed by atoms with Crippen LogP contribution in [0.15, 0.2) is 59.6 Å². The Hall–Kier alpha value is -1.64. The highest BCUT2D eigenvalue weighted by molar-refractivity contribution is 14.0. The van der Waals surface area contributed by atoms with Crippen molar-refractivity contribution >= 4 is 29.9 Å². The molecule has 0 bridgehead atoms. The van der Waals surface area contributed by atoms with E-state index in [0.29, 0.717) is 19.0 Å². The van der Waals surface area contributed by atoms with E-state index in [0.717, 1.165) is 23.2 Å². The van der Waals surface area contributed by atoms with E-state index in [9.17, 15) is 10.2 Å². The van der Waals surface area contributed by atoms with Crippen molar-refractivity contribution in [3.8, 4) is 0 Å². The second-order valence-corrected chi connectivity index (χ2v) is 6.32. The first-order valence-corrected chi connectivity index (χ1v) is 9.06. The maximum Gasteiger partial charge on any atom is 0.191 e. The number of hydrogen-bond donors (Lipinski definition) is 4. The van der Waals surface area contributed by atoms with Crippen LogP contribution in [0.4, 0.5) is 0 Å². The third-order valence-corrected chi connectivity index (χ3v) is 4.20. The van der Waals surface area contributed by atoms with Crippen molar-refractivity contribution in [1.82, 2.24) is 10.6 Å². The zero-order valence-electron chi connectivity index (χ0n) is 15.9. The minimum absolute atomic E-state index is 0. The lowest BCUT2D eigenvalue weighted by molar-refractivity contribution is 0.180. The molecular formula is C21H30IN3O2. The molecule has 2 rings (SSSR count). The highest BCUT2D eigenvalue weighted by Gasteiger charge is 2.11. The van der Waals surface area contributed by atoms with Gasteiger partial charge in [-0.15, -0.1) is 24.0 Å². The van der Waals surface area contributed by atoms with Crippen molar-refractivity contribution in [3.05, 3.63) is 71.3 Å². The average molecular weight is 483 g/mol. The number of benzene rings is 2. The molecule has 0 spiro atoms. The van der Waals surface area contributed by atoms with E-state index in [1.807, 2.05) is 68.4 Å². The minimum Gasteiger partial charge on any atom is -0.396 e. The van der Waals surface area contributed by atoms with Crippen LogP contribution in [-0.4, -0.2) is 42.4 Å². The number of aliphatic imine (C=N–C) groups is 1. The quantitative estimate of drug-likeness (QED) is 0.265. The number of aliphatic hydroxyl groups excluding tert-OH is 2. The van der Waals surface area contributed by atoms with Crippen LogP contribution in [0, 0.1) is 6.92 Å². The molecule has 2 aromatic rings. The van der Waals surface area contributed by atoms with Gasteiger partial charge in [0.25, 0.3) is 0 Å². The van der Waals surface area contributed by atoms with E-state index in [1.165, 1.54) is 0 Å². The van der Waals surface area contributed by atoms with Crippen molar-refractivity contribution in [3.63, 3.8) is 0 Å². The molecule has 2 atom stereocenters. The van der Waals surface area contributed by atoms with Gasteiger partial charge in [0.15, 0.2) is 5.96 Å². The summed E-state index contributed by atoms with van der Waals surface area (Å²) in [6.45, 7) is 5.60. The van der Waals surface area contributed by atoms with Crippen molar-refractivity contribution in [1.29, 1.82) is 0 Å². The number of nitrogens with zero attached hydrogens (tertiary/aromatic N) is 1. The first-order valence-electron chi connectivity index (χ1n) is 9.06. The van der Waals surface area contributed by atoms with Gasteiger partial charge in [-0.1, -0.05) is 60.2 Å². The molecule has 2 unspecified atom stereocenters. The smallest absolute Gasteiger partial charge is 0.191 e. The first kappa shape index (κ1) is 23.4. The standard InChI is InChI=1S/C21H29N3O2.HI/c1-3-22-21(23-13-19(15-25)17-9-5-4-6-10-17)24-14-20(26)18-11-7-8-16(2)12-18;/h4-12,19-20,25-26H,3,13-15H2,1-2H3,(H2,22,23,24);1H. The monoisotopic (exact) mass is 483 g/mol. The SMILES string of the molecule is CCNC(=NCC(CO)c1ccccc1)NCC(O)c1cccc(C)c1.I. The number of hydrogen-bond acceptors (Lipinski definition) is 3. The second kappa shape index (κ2) is 12.7. The van der Waals surface area contributed by atoms with E-state index in [-0.39, 0.29) is 36.5 Å². The summed E-state index contributed by atoms with van der Waals surface area (Å²) >= 11 is 0. The van der Waals surface area contributed by atoms with Crippen molar-refractivity contribution in [2.24, 2.45) is 4.99 Å². The summed E-state index contributed by atoms with van der Waals surface area (Å²) in [5.74, 6) is 0.585. The summed E-state index contributed by atoms with van der Waals surface area (Å²) in [7, 11) is 0. The molecule has 2 aromatic carbocycles. The minimum atomic E-state index is -0.610. The lowest BCUT2D eigenvalue weighted by Gasteiger charge is -2.17. The van der Waals surface area contributed by atoms with Crippen LogP contribution in [0.2, 0.25) is 0 Å². The number of rotatable bonds is 8. The third kappa shape index (κ3) is 7.86. The summed E-state index contributed by atoms with van der Waals surface area (Å²) < 4.78 is 0. The molecule has 5 nitrogen and oxygen atoms in total. The third-order valence-electron chi connectivity index (χ3n) is 4.20. The summed E-state index contributed by atoms with van der Waals surface area (Å²) in [6, 6.07) is 17.7. The molecule has 148 valence electrons. The number of halogens is 1. The fraction of sp³-hybridized carbons (Fsp3) is 0.381. The van der Waals surface area contributed by atoms with Gasteiger partial charge in [-0.05, 0) is 25.0 Å². The molecule has 0 amide bonds. The highest BCUT2D eigenvalue weighted by Crippen LogP contribution is 2.15. The number of aryl methyl sites for hydroxylation is 1. The topological polar surface area (TPSA) is 76.9 Å². The molecule has 0 aromatic heterocycles. The molecule has 0 aliphatic heterocycles. The van der Waals surface area contributed by atoms with Crippen LogP contribution < -0.4 is 10.6 Å². The molecule has 0 aliphatic rings. The van der Waals surface area contributed by atoms with Gasteiger partial charge in [-0.3, -0.25) is 4.99 Å². The predicted octanol–water partition coefficient (Wildman–Crippen LogP) is 2.98. The van der Waals surface area contributed by atoms with Gasteiger partial charge in [0, 0.05) is 19.0 Å². The van der Waals surface area contributed by atoms with Crippen LogP contribution in [0.1, 0.15) is 35.6 Å². The maximum atomic E-state index is 10.4. The Kier molecular flexibility index (Phi) is 11.0. The van der Waals surface area contributed by atoms with Gasteiger partial charge < -0.3 is 20.8 Å². The van der Waals surface area contributed by atoms with Gasteiger partial charge in [-0.2, -0.15) is 0 Å². The van der Waals surface area contributed by atoms with Gasteiger partial charge in [-0.25, -0.2) is 0 Å². The molecule has 0 saturated heterocycles. The molecule has 0 saturated carbocycles. The summed E-state index contributed by atoms with van der Waals surface area (Å²) in [4.78, 5) is 4.57. The zero-order chi connectivity index (χ0) is 18.8. The second-order valence-electron chi connectivity index (χ2n) is 6.32. The van der Waals surface area contributed by atoms with Crippen LogP contribution in [-0.2, 0) is 0 Å². The molecule has 27 heavy (non-hydrogen) atoms. The van der Waals surface area contributed by atoms with Crippen molar-refractivity contribution in [2.75, 3.05) is 26.2 Å². The van der Waals surface area contributed by atoms with Crippen LogP contribution in [0.25, 0.3) is 0 Å². The van der Waals surface area contributed by atoms with Crippen molar-refractivity contribution < 1.29 is 10.2 Å². The fourth-order valence-corrected chi connectivity index (χ4v) is 2.73. The fourth-order valence-electron chi connectivity index (χ4n) is 2.73. The average Bonchev–Trinajstić information content (AvgIpc) is 2.67. The lowest BCUT2D eigenvalue weighted by Crippen LogP contribution is -2.39. The van der Waals surface area contributed by atoms with Crippen LogP contribution in [0.5, 0.6) is 0 Å². The maximum absolute atomic E-state index is 10.4. The first-order chi connectivity index (χ1) is 12.6. The number of guanidine groups is 1. The van der Waals surface area contributed by atoms with E-state index in [2.05, 4.69) is 15.6 Å². The van der Waals surface area contributed by atoms with E-state index in [1.54, 1.807) is 0 Å². The Morgan fingerprint density at radius 1 is 1.04 bits per heavy atom. The van der Waals surface area contributed by atoms with Gasteiger partial charge in [0.05, 0.1) is 19.3 Å². The Balaban J connectivity index is 0.00000364. The summed E-state index contributed by atoms with van der Waals surface area (Å²) in [6.07, 6.45) is -0.610. The van der Waals surface area contributed by atoms with E-state index < -0.39 is 6.10 Å². The summed E-state index contributed by atoms with van der Waals surface area (Å²) in [5, 5.41) is 26.4. The van der Waals surface area contributed by atoms with Gasteiger partial charge in [0.1, 0.15) is 0 Å². The Morgan fingerprint density at radius 2 is 1.74 bits per heavy atom. The largest absolute Gasteiger partial charge is 0.396 e. The van der Waals surface area contributed by atoms with E-state index >= 15 is 0 Å². The van der Waals surface area contributed by atoms with Crippen LogP contribution >= 0.6 is 24.0 Å². The normalized spacial score (nSPS) is 13.4. The van der Waals surface area contributed by atoms with Gasteiger partial charge in [0.2, 0.25) is 0 Å². The Bertz CT molecular complexity index is 695.